The Morgan fingerprint density at radius 2 is 1.78 bits per heavy atom. The zero-order valence-electron chi connectivity index (χ0n) is 22.2. The first-order valence-electron chi connectivity index (χ1n) is 12.8. The highest BCUT2D eigenvalue weighted by Gasteiger charge is 2.21. The number of rotatable bonds is 6. The van der Waals surface area contributed by atoms with Crippen LogP contribution in [0.3, 0.4) is 0 Å². The zero-order valence-corrected chi connectivity index (χ0v) is 23.7. The molecule has 1 aromatic heterocycles. The zero-order chi connectivity index (χ0) is 28.5. The lowest BCUT2D eigenvalue weighted by atomic mass is 9.99. The Morgan fingerprint density at radius 3 is 2.61 bits per heavy atom. The number of esters is 1. The van der Waals surface area contributed by atoms with Crippen molar-refractivity contribution < 1.29 is 23.8 Å². The van der Waals surface area contributed by atoms with Gasteiger partial charge in [-0.15, -0.1) is 0 Å². The highest BCUT2D eigenvalue weighted by atomic mass is 79.9. The number of hydrazone groups is 1. The lowest BCUT2D eigenvalue weighted by molar-refractivity contribution is 0.0733. The van der Waals surface area contributed by atoms with Crippen LogP contribution in [-0.2, 0) is 0 Å². The minimum Gasteiger partial charge on any atom is -0.454 e. The molecule has 1 amide bonds. The van der Waals surface area contributed by atoms with Crippen LogP contribution in [0, 0.1) is 13.8 Å². The normalized spacial score (nSPS) is 12.2. The smallest absolute Gasteiger partial charge is 0.343 e. The van der Waals surface area contributed by atoms with Crippen molar-refractivity contribution in [1.82, 2.24) is 10.4 Å². The number of fused-ring (bicyclic) bond motifs is 2. The van der Waals surface area contributed by atoms with Gasteiger partial charge >= 0.3 is 5.97 Å². The molecule has 8 nitrogen and oxygen atoms in total. The van der Waals surface area contributed by atoms with E-state index in [-0.39, 0.29) is 12.5 Å². The number of halogens is 1. The summed E-state index contributed by atoms with van der Waals surface area (Å²) in [5, 5.41) is 5.16. The second-order valence-corrected chi connectivity index (χ2v) is 10.5. The van der Waals surface area contributed by atoms with Crippen molar-refractivity contribution in [3.05, 3.63) is 111 Å². The monoisotopic (exact) mass is 609 g/mol. The van der Waals surface area contributed by atoms with Crippen molar-refractivity contribution in [3.8, 4) is 28.4 Å². The van der Waals surface area contributed by atoms with Crippen molar-refractivity contribution in [2.45, 2.75) is 13.8 Å². The maximum atomic E-state index is 13.4. The summed E-state index contributed by atoms with van der Waals surface area (Å²) in [5.41, 5.74) is 8.60. The van der Waals surface area contributed by atoms with Crippen LogP contribution < -0.4 is 19.6 Å². The molecule has 6 rings (SSSR count). The fourth-order valence-electron chi connectivity index (χ4n) is 4.84. The van der Waals surface area contributed by atoms with Crippen molar-refractivity contribution >= 4 is 44.9 Å². The summed E-state index contributed by atoms with van der Waals surface area (Å²) in [6.07, 6.45) is 1.44. The second-order valence-electron chi connectivity index (χ2n) is 9.58. The molecule has 9 heteroatoms. The van der Waals surface area contributed by atoms with E-state index < -0.39 is 11.9 Å². The van der Waals surface area contributed by atoms with Crippen molar-refractivity contribution in [1.29, 1.82) is 0 Å². The first-order valence-corrected chi connectivity index (χ1v) is 13.6. The number of amides is 1. The van der Waals surface area contributed by atoms with Gasteiger partial charge in [-0.25, -0.2) is 10.2 Å². The van der Waals surface area contributed by atoms with Crippen LogP contribution in [0.4, 0.5) is 0 Å². The summed E-state index contributed by atoms with van der Waals surface area (Å²) >= 11 is 3.44. The van der Waals surface area contributed by atoms with E-state index in [1.54, 1.807) is 36.4 Å². The first-order chi connectivity index (χ1) is 19.9. The third kappa shape index (κ3) is 5.31. The highest BCUT2D eigenvalue weighted by Crippen LogP contribution is 2.35. The van der Waals surface area contributed by atoms with Crippen LogP contribution in [-0.4, -0.2) is 29.9 Å². The van der Waals surface area contributed by atoms with Crippen molar-refractivity contribution in [2.75, 3.05) is 6.79 Å². The van der Waals surface area contributed by atoms with Crippen molar-refractivity contribution in [2.24, 2.45) is 5.10 Å². The van der Waals surface area contributed by atoms with Crippen molar-refractivity contribution in [3.63, 3.8) is 0 Å². The quantitative estimate of drug-likeness (QED) is 0.0941. The lowest BCUT2D eigenvalue weighted by Gasteiger charge is -2.09. The van der Waals surface area contributed by atoms with E-state index in [9.17, 15) is 9.59 Å². The molecule has 5 aromatic rings. The molecule has 0 saturated heterocycles. The molecule has 2 heterocycles. The molecule has 0 fully saturated rings. The molecule has 0 saturated carbocycles. The topological polar surface area (TPSA) is 102 Å². The van der Waals surface area contributed by atoms with Crippen LogP contribution in [0.1, 0.15) is 37.5 Å². The number of benzene rings is 4. The molecule has 4 aromatic carbocycles. The predicted molar refractivity (Wildman–Crippen MR) is 160 cm³/mol. The maximum Gasteiger partial charge on any atom is 0.343 e. The van der Waals surface area contributed by atoms with E-state index in [2.05, 4.69) is 43.6 Å². The van der Waals surface area contributed by atoms with Gasteiger partial charge in [-0.2, -0.15) is 5.10 Å². The molecule has 0 spiro atoms. The first kappa shape index (κ1) is 26.3. The number of ether oxygens (including phenoxy) is 3. The third-order valence-electron chi connectivity index (χ3n) is 6.69. The number of nitrogens with one attached hydrogen (secondary N) is 2. The summed E-state index contributed by atoms with van der Waals surface area (Å²) in [7, 11) is 0. The molecule has 0 atom stereocenters. The van der Waals surface area contributed by atoms with E-state index in [0.717, 1.165) is 37.6 Å². The Kier molecular flexibility index (Phi) is 7.03. The SMILES string of the molecule is Cc1cc(C)c2[nH]c(C(=O)NN=Cc3cc(Br)ccc3OC(=O)c3ccc4c(c3)OCO4)c(-c3ccccc3)c2c1. The predicted octanol–water partition coefficient (Wildman–Crippen LogP) is 6.93. The Bertz CT molecular complexity index is 1850. The molecule has 0 unspecified atom stereocenters. The van der Waals surface area contributed by atoms with Gasteiger partial charge in [0.25, 0.3) is 5.91 Å². The van der Waals surface area contributed by atoms with Crippen LogP contribution in [0.5, 0.6) is 17.2 Å². The van der Waals surface area contributed by atoms with Gasteiger partial charge in [0.2, 0.25) is 6.79 Å². The number of aryl methyl sites for hydroxylation is 2. The van der Waals surface area contributed by atoms with E-state index in [0.29, 0.717) is 28.3 Å². The summed E-state index contributed by atoms with van der Waals surface area (Å²) in [5.74, 6) is 0.361. The highest BCUT2D eigenvalue weighted by molar-refractivity contribution is 9.10. The van der Waals surface area contributed by atoms with Crippen LogP contribution in [0.2, 0.25) is 0 Å². The average Bonchev–Trinajstić information content (AvgIpc) is 3.59. The Hall–Kier alpha value is -4.89. The third-order valence-corrected chi connectivity index (χ3v) is 7.18. The number of hydrogen-bond acceptors (Lipinski definition) is 6. The molecule has 2 N–H and O–H groups in total. The van der Waals surface area contributed by atoms with Gasteiger partial charge < -0.3 is 19.2 Å². The van der Waals surface area contributed by atoms with E-state index in [4.69, 9.17) is 14.2 Å². The standard InChI is InChI=1S/C32H24BrN3O5/c1-18-12-19(2)29-24(13-18)28(20-6-4-3-5-7-20)30(35-29)31(37)36-34-16-22-14-23(33)9-11-25(22)41-32(38)21-8-10-26-27(15-21)40-17-39-26/h3-16,35H,17H2,1-2H3,(H,36,37). The van der Waals surface area contributed by atoms with Gasteiger partial charge in [-0.1, -0.05) is 57.9 Å². The lowest BCUT2D eigenvalue weighted by Crippen LogP contribution is -2.19. The molecular weight excluding hydrogens is 586 g/mol. The maximum absolute atomic E-state index is 13.4. The molecule has 0 bridgehead atoms. The van der Waals surface area contributed by atoms with E-state index in [1.165, 1.54) is 6.21 Å². The van der Waals surface area contributed by atoms with Gasteiger partial charge in [-0.05, 0) is 67.4 Å². The Balaban J connectivity index is 1.26. The number of H-pyrrole nitrogens is 1. The van der Waals surface area contributed by atoms with Gasteiger partial charge in [-0.3, -0.25) is 4.79 Å². The largest absolute Gasteiger partial charge is 0.454 e. The summed E-state index contributed by atoms with van der Waals surface area (Å²) in [4.78, 5) is 29.6. The molecule has 204 valence electrons. The molecule has 0 aliphatic carbocycles. The van der Waals surface area contributed by atoms with Gasteiger partial charge in [0.15, 0.2) is 11.5 Å². The van der Waals surface area contributed by atoms with Crippen LogP contribution in [0.25, 0.3) is 22.0 Å². The number of aromatic nitrogens is 1. The molecular formula is C32H24BrN3O5. The number of carbonyl (C=O) groups is 2. The summed E-state index contributed by atoms with van der Waals surface area (Å²) in [6, 6.07) is 23.9. The molecule has 1 aliphatic rings. The fraction of sp³-hybridized carbons (Fsp3) is 0.0938. The molecule has 41 heavy (non-hydrogen) atoms. The molecule has 0 radical (unpaired) electrons. The van der Waals surface area contributed by atoms with Crippen LogP contribution in [0.15, 0.2) is 88.4 Å². The average molecular weight is 610 g/mol. The summed E-state index contributed by atoms with van der Waals surface area (Å²) in [6.45, 7) is 4.16. The minimum atomic E-state index is -0.569. The van der Waals surface area contributed by atoms with E-state index in [1.807, 2.05) is 44.2 Å². The molecule has 1 aliphatic heterocycles. The van der Waals surface area contributed by atoms with Gasteiger partial charge in [0, 0.05) is 26.5 Å². The van der Waals surface area contributed by atoms with Gasteiger partial charge in [0.1, 0.15) is 11.4 Å². The second kappa shape index (κ2) is 10.9. The number of aromatic amines is 1. The number of carbonyl (C=O) groups excluding carboxylic acids is 2. The minimum absolute atomic E-state index is 0.109. The number of nitrogens with zero attached hydrogens (tertiary/aromatic N) is 1. The fourth-order valence-corrected chi connectivity index (χ4v) is 5.22. The summed E-state index contributed by atoms with van der Waals surface area (Å²) < 4.78 is 17.1. The van der Waals surface area contributed by atoms with Crippen LogP contribution >= 0.6 is 15.9 Å². The Morgan fingerprint density at radius 1 is 0.976 bits per heavy atom. The van der Waals surface area contributed by atoms with Gasteiger partial charge in [0.05, 0.1) is 11.8 Å². The van der Waals surface area contributed by atoms with E-state index >= 15 is 0 Å². The number of hydrogen-bond donors (Lipinski definition) is 2. The Labute approximate surface area is 244 Å².